The Kier molecular flexibility index (Phi) is 10.9. The zero-order valence-electron chi connectivity index (χ0n) is 13.2. The molecule has 3 unspecified atom stereocenters. The standard InChI is InChI=1S/C14H28N2O4S/c1-4-12(5-6-13(17)18)7-9-15-14(19)16-11(2)8-10-21(3)20/h11-12H,4-10H2,1-3H3,(H,17,18)(H2,15,16,19). The van der Waals surface area contributed by atoms with Crippen LogP contribution in [0.25, 0.3) is 0 Å². The highest BCUT2D eigenvalue weighted by Crippen LogP contribution is 2.14. The van der Waals surface area contributed by atoms with Gasteiger partial charge in [0, 0.05) is 41.8 Å². The molecule has 3 N–H and O–H groups in total. The van der Waals surface area contributed by atoms with Gasteiger partial charge in [0.25, 0.3) is 0 Å². The smallest absolute Gasteiger partial charge is 0.314 e. The zero-order chi connectivity index (χ0) is 16.3. The summed E-state index contributed by atoms with van der Waals surface area (Å²) < 4.78 is 11.0. The van der Waals surface area contributed by atoms with Crippen molar-refractivity contribution in [3.05, 3.63) is 0 Å². The van der Waals surface area contributed by atoms with Gasteiger partial charge in [-0.25, -0.2) is 4.79 Å². The number of carboxylic acids is 1. The molecule has 6 nitrogen and oxygen atoms in total. The summed E-state index contributed by atoms with van der Waals surface area (Å²) in [6.07, 6.45) is 4.85. The number of hydrogen-bond acceptors (Lipinski definition) is 3. The Morgan fingerprint density at radius 2 is 1.90 bits per heavy atom. The van der Waals surface area contributed by atoms with Crippen molar-refractivity contribution < 1.29 is 18.9 Å². The third-order valence-corrected chi connectivity index (χ3v) is 4.21. The van der Waals surface area contributed by atoms with E-state index in [9.17, 15) is 13.8 Å². The van der Waals surface area contributed by atoms with E-state index in [4.69, 9.17) is 5.11 Å². The lowest BCUT2D eigenvalue weighted by atomic mass is 9.97. The van der Waals surface area contributed by atoms with Crippen molar-refractivity contribution in [3.63, 3.8) is 0 Å². The highest BCUT2D eigenvalue weighted by Gasteiger charge is 2.11. The lowest BCUT2D eigenvalue weighted by Crippen LogP contribution is -2.41. The summed E-state index contributed by atoms with van der Waals surface area (Å²) in [5, 5.41) is 14.2. The number of aliphatic carboxylic acids is 1. The second kappa shape index (κ2) is 11.5. The van der Waals surface area contributed by atoms with E-state index in [1.165, 1.54) is 0 Å². The summed E-state index contributed by atoms with van der Waals surface area (Å²) in [4.78, 5) is 22.2. The van der Waals surface area contributed by atoms with Gasteiger partial charge in [-0.3, -0.25) is 9.00 Å². The van der Waals surface area contributed by atoms with Gasteiger partial charge in [-0.1, -0.05) is 13.3 Å². The molecular weight excluding hydrogens is 292 g/mol. The monoisotopic (exact) mass is 320 g/mol. The van der Waals surface area contributed by atoms with Crippen LogP contribution in [-0.4, -0.2) is 45.9 Å². The topological polar surface area (TPSA) is 95.5 Å². The van der Waals surface area contributed by atoms with E-state index in [2.05, 4.69) is 10.6 Å². The van der Waals surface area contributed by atoms with Crippen LogP contribution in [0.15, 0.2) is 0 Å². The van der Waals surface area contributed by atoms with Gasteiger partial charge in [0.15, 0.2) is 0 Å². The third-order valence-electron chi connectivity index (χ3n) is 3.40. The highest BCUT2D eigenvalue weighted by atomic mass is 32.2. The first-order chi connectivity index (χ1) is 9.85. The van der Waals surface area contributed by atoms with E-state index < -0.39 is 16.8 Å². The quantitative estimate of drug-likeness (QED) is 0.540. The molecule has 0 aromatic rings. The molecule has 0 saturated heterocycles. The van der Waals surface area contributed by atoms with Crippen LogP contribution in [0.1, 0.15) is 46.0 Å². The van der Waals surface area contributed by atoms with Crippen LogP contribution in [0, 0.1) is 5.92 Å². The second-order valence-electron chi connectivity index (χ2n) is 5.36. The van der Waals surface area contributed by atoms with E-state index in [0.717, 1.165) is 12.8 Å². The Labute approximate surface area is 129 Å². The minimum Gasteiger partial charge on any atom is -0.481 e. The molecule has 0 aromatic carbocycles. The summed E-state index contributed by atoms with van der Waals surface area (Å²) in [7, 11) is -0.840. The van der Waals surface area contributed by atoms with E-state index >= 15 is 0 Å². The summed E-state index contributed by atoms with van der Waals surface area (Å²) in [5.41, 5.74) is 0. The molecule has 21 heavy (non-hydrogen) atoms. The molecule has 0 aromatic heterocycles. The van der Waals surface area contributed by atoms with Crippen LogP contribution in [0.4, 0.5) is 4.79 Å². The molecule has 124 valence electrons. The van der Waals surface area contributed by atoms with E-state index in [1.54, 1.807) is 6.26 Å². The fourth-order valence-corrected chi connectivity index (χ4v) is 2.65. The fraction of sp³-hybridized carbons (Fsp3) is 0.857. The molecule has 0 saturated carbocycles. The van der Waals surface area contributed by atoms with Gasteiger partial charge in [-0.2, -0.15) is 0 Å². The Hall–Kier alpha value is -1.11. The lowest BCUT2D eigenvalue weighted by molar-refractivity contribution is -0.137. The van der Waals surface area contributed by atoms with Gasteiger partial charge < -0.3 is 15.7 Å². The molecule has 0 rings (SSSR count). The van der Waals surface area contributed by atoms with E-state index in [1.807, 2.05) is 13.8 Å². The molecule has 0 heterocycles. The van der Waals surface area contributed by atoms with Crippen LogP contribution in [-0.2, 0) is 15.6 Å². The predicted molar refractivity (Wildman–Crippen MR) is 84.8 cm³/mol. The van der Waals surface area contributed by atoms with Crippen LogP contribution in [0.2, 0.25) is 0 Å². The number of urea groups is 1. The summed E-state index contributed by atoms with van der Waals surface area (Å²) >= 11 is 0. The van der Waals surface area contributed by atoms with Gasteiger partial charge in [-0.15, -0.1) is 0 Å². The molecule has 0 radical (unpaired) electrons. The average Bonchev–Trinajstić information content (AvgIpc) is 2.40. The van der Waals surface area contributed by atoms with E-state index in [-0.39, 0.29) is 18.5 Å². The van der Waals surface area contributed by atoms with Crippen molar-refractivity contribution >= 4 is 22.8 Å². The molecule has 3 atom stereocenters. The largest absolute Gasteiger partial charge is 0.481 e. The van der Waals surface area contributed by atoms with Crippen LogP contribution >= 0.6 is 0 Å². The van der Waals surface area contributed by atoms with Crippen molar-refractivity contribution in [2.24, 2.45) is 5.92 Å². The molecule has 0 aliphatic heterocycles. The van der Waals surface area contributed by atoms with Gasteiger partial charge in [0.05, 0.1) is 0 Å². The first-order valence-corrected chi connectivity index (χ1v) is 9.14. The number of nitrogens with one attached hydrogen (secondary N) is 2. The molecule has 0 aliphatic carbocycles. The summed E-state index contributed by atoms with van der Waals surface area (Å²) in [5.74, 6) is 0.122. The maximum atomic E-state index is 11.6. The molecule has 0 aliphatic rings. The number of carbonyl (C=O) groups is 2. The van der Waals surface area contributed by atoms with Crippen LogP contribution in [0.3, 0.4) is 0 Å². The molecule has 0 fully saturated rings. The summed E-state index contributed by atoms with van der Waals surface area (Å²) in [6, 6.07) is -0.236. The molecule has 2 amide bonds. The predicted octanol–water partition coefficient (Wildman–Crippen LogP) is 1.72. The van der Waals surface area contributed by atoms with Crippen molar-refractivity contribution in [3.8, 4) is 0 Å². The second-order valence-corrected chi connectivity index (χ2v) is 6.92. The van der Waals surface area contributed by atoms with E-state index in [0.29, 0.717) is 31.1 Å². The fourth-order valence-electron chi connectivity index (χ4n) is 1.96. The zero-order valence-corrected chi connectivity index (χ0v) is 14.0. The molecule has 0 bridgehead atoms. The maximum Gasteiger partial charge on any atom is 0.314 e. The Morgan fingerprint density at radius 3 is 2.43 bits per heavy atom. The van der Waals surface area contributed by atoms with Gasteiger partial charge in [0.2, 0.25) is 0 Å². The van der Waals surface area contributed by atoms with Crippen LogP contribution < -0.4 is 10.6 Å². The van der Waals surface area contributed by atoms with Gasteiger partial charge in [-0.05, 0) is 32.1 Å². The average molecular weight is 320 g/mol. The molecular formula is C14H28N2O4S. The SMILES string of the molecule is CCC(CCNC(=O)NC(C)CCS(C)=O)CCC(=O)O. The number of hydrogen-bond donors (Lipinski definition) is 3. The Morgan fingerprint density at radius 1 is 1.24 bits per heavy atom. The number of rotatable bonds is 11. The Bertz CT molecular complexity index is 350. The van der Waals surface area contributed by atoms with Gasteiger partial charge >= 0.3 is 12.0 Å². The van der Waals surface area contributed by atoms with Crippen molar-refractivity contribution in [2.75, 3.05) is 18.6 Å². The number of carboxylic acid groups (broad SMARTS) is 1. The normalized spacial score (nSPS) is 15.0. The number of carbonyl (C=O) groups excluding carboxylic acids is 1. The van der Waals surface area contributed by atoms with Crippen LogP contribution in [0.5, 0.6) is 0 Å². The minimum absolute atomic E-state index is 0.0112. The minimum atomic E-state index is -0.840. The molecule has 7 heteroatoms. The highest BCUT2D eigenvalue weighted by molar-refractivity contribution is 7.84. The Balaban J connectivity index is 3.80. The number of amides is 2. The van der Waals surface area contributed by atoms with Crippen molar-refractivity contribution in [1.29, 1.82) is 0 Å². The summed E-state index contributed by atoms with van der Waals surface area (Å²) in [6.45, 7) is 4.45. The lowest BCUT2D eigenvalue weighted by Gasteiger charge is -2.16. The first kappa shape index (κ1) is 19.9. The maximum absolute atomic E-state index is 11.6. The molecule has 0 spiro atoms. The van der Waals surface area contributed by atoms with Crippen molar-refractivity contribution in [2.45, 2.75) is 52.0 Å². The third kappa shape index (κ3) is 12.3. The van der Waals surface area contributed by atoms with Gasteiger partial charge in [0.1, 0.15) is 0 Å². The van der Waals surface area contributed by atoms with Crippen molar-refractivity contribution in [1.82, 2.24) is 10.6 Å². The first-order valence-electron chi connectivity index (χ1n) is 7.41.